The minimum atomic E-state index is -0.850. The molecule has 19 heavy (non-hydrogen) atoms. The maximum atomic E-state index is 11.1. The van der Waals surface area contributed by atoms with Crippen LogP contribution in [0.2, 0.25) is 0 Å². The highest BCUT2D eigenvalue weighted by Crippen LogP contribution is 2.45. The first-order valence-corrected chi connectivity index (χ1v) is 7.01. The fourth-order valence-corrected chi connectivity index (χ4v) is 3.43. The second-order valence-corrected chi connectivity index (χ2v) is 5.50. The van der Waals surface area contributed by atoms with Crippen molar-refractivity contribution in [2.45, 2.75) is 38.1 Å². The molecule has 1 aliphatic heterocycles. The Hall–Kier alpha value is -1.77. The molecule has 3 atom stereocenters. The lowest BCUT2D eigenvalue weighted by Crippen LogP contribution is -2.35. The summed E-state index contributed by atoms with van der Waals surface area (Å²) in [4.78, 5) is 11.1. The molecule has 0 saturated heterocycles. The lowest BCUT2D eigenvalue weighted by molar-refractivity contribution is 0.0696. The summed E-state index contributed by atoms with van der Waals surface area (Å²) in [5.74, 6) is 0.112. The molecule has 2 N–H and O–H groups in total. The van der Waals surface area contributed by atoms with E-state index < -0.39 is 5.97 Å². The first kappa shape index (κ1) is 12.3. The van der Waals surface area contributed by atoms with Gasteiger partial charge in [0.05, 0.1) is 5.56 Å². The number of rotatable bonds is 3. The molecule has 1 heterocycles. The Morgan fingerprint density at radius 2 is 2.32 bits per heavy atom. The van der Waals surface area contributed by atoms with Gasteiger partial charge < -0.3 is 10.4 Å². The molecule has 0 bridgehead atoms. The van der Waals surface area contributed by atoms with Crippen molar-refractivity contribution in [1.82, 2.24) is 0 Å². The molecule has 3 rings (SSSR count). The third-order valence-electron chi connectivity index (χ3n) is 4.33. The van der Waals surface area contributed by atoms with Crippen LogP contribution in [0.3, 0.4) is 0 Å². The van der Waals surface area contributed by atoms with Crippen molar-refractivity contribution in [3.05, 3.63) is 41.5 Å². The number of carboxylic acid groups (broad SMARTS) is 1. The highest BCUT2D eigenvalue weighted by Gasteiger charge is 2.36. The summed E-state index contributed by atoms with van der Waals surface area (Å²) in [5, 5.41) is 12.7. The highest BCUT2D eigenvalue weighted by molar-refractivity contribution is 5.88. The fraction of sp³-hybridized carbons (Fsp3) is 0.438. The third kappa shape index (κ3) is 2.03. The van der Waals surface area contributed by atoms with Crippen LogP contribution < -0.4 is 5.32 Å². The van der Waals surface area contributed by atoms with E-state index in [-0.39, 0.29) is 0 Å². The first-order valence-electron chi connectivity index (χ1n) is 7.01. The van der Waals surface area contributed by atoms with E-state index in [1.54, 1.807) is 6.07 Å². The van der Waals surface area contributed by atoms with Gasteiger partial charge in [-0.3, -0.25) is 0 Å². The number of carbonyl (C=O) groups is 1. The zero-order chi connectivity index (χ0) is 13.4. The minimum Gasteiger partial charge on any atom is -0.478 e. The number of nitrogens with one attached hydrogen (secondary N) is 1. The van der Waals surface area contributed by atoms with Gasteiger partial charge >= 0.3 is 5.97 Å². The van der Waals surface area contributed by atoms with Crippen LogP contribution in [0.5, 0.6) is 0 Å². The fourth-order valence-electron chi connectivity index (χ4n) is 3.43. The molecule has 1 aliphatic carbocycles. The maximum Gasteiger partial charge on any atom is 0.335 e. The molecule has 100 valence electrons. The Kier molecular flexibility index (Phi) is 3.05. The van der Waals surface area contributed by atoms with Crippen LogP contribution in [0.4, 0.5) is 5.69 Å². The maximum absolute atomic E-state index is 11.1. The summed E-state index contributed by atoms with van der Waals surface area (Å²) in [6.45, 7) is 2.21. The molecule has 3 nitrogen and oxygen atoms in total. The van der Waals surface area contributed by atoms with Gasteiger partial charge in [0, 0.05) is 17.6 Å². The van der Waals surface area contributed by atoms with E-state index in [9.17, 15) is 4.79 Å². The number of fused-ring (bicyclic) bond motifs is 3. The summed E-state index contributed by atoms with van der Waals surface area (Å²) < 4.78 is 0. The van der Waals surface area contributed by atoms with Gasteiger partial charge in [0.15, 0.2) is 0 Å². The molecule has 3 heteroatoms. The van der Waals surface area contributed by atoms with Gasteiger partial charge in [0.2, 0.25) is 0 Å². The van der Waals surface area contributed by atoms with Crippen molar-refractivity contribution >= 4 is 11.7 Å². The summed E-state index contributed by atoms with van der Waals surface area (Å²) in [6.07, 6.45) is 7.92. The summed E-state index contributed by atoms with van der Waals surface area (Å²) in [5.41, 5.74) is 2.63. The van der Waals surface area contributed by atoms with Gasteiger partial charge in [-0.25, -0.2) is 4.79 Å². The Balaban J connectivity index is 2.00. The van der Waals surface area contributed by atoms with Crippen LogP contribution in [0.15, 0.2) is 30.4 Å². The van der Waals surface area contributed by atoms with Gasteiger partial charge in [0.1, 0.15) is 0 Å². The number of anilines is 1. The number of hydrogen-bond donors (Lipinski definition) is 2. The summed E-state index contributed by atoms with van der Waals surface area (Å²) in [6, 6.07) is 5.95. The predicted molar refractivity (Wildman–Crippen MR) is 75.7 cm³/mol. The molecular formula is C16H19NO2. The number of carboxylic acids is 1. The second kappa shape index (κ2) is 4.72. The van der Waals surface area contributed by atoms with Crippen LogP contribution in [-0.4, -0.2) is 17.1 Å². The van der Waals surface area contributed by atoms with E-state index in [0.717, 1.165) is 17.7 Å². The number of aromatic carboxylic acids is 1. The lowest BCUT2D eigenvalue weighted by Gasteiger charge is -2.37. The van der Waals surface area contributed by atoms with Crippen molar-refractivity contribution in [2.75, 3.05) is 5.32 Å². The Morgan fingerprint density at radius 1 is 1.47 bits per heavy atom. The van der Waals surface area contributed by atoms with E-state index in [2.05, 4.69) is 24.4 Å². The standard InChI is InChI=1S/C16H19NO2/c1-2-4-14-12-6-3-5-11(12)13-9-10(16(18)19)7-8-15(13)17-14/h3,5,7-9,11-12,14,17H,2,4,6H2,1H3,(H,18,19)/t11-,12-,14-/m0/s1. The molecule has 0 unspecified atom stereocenters. The average molecular weight is 257 g/mol. The van der Waals surface area contributed by atoms with E-state index in [1.165, 1.54) is 12.8 Å². The lowest BCUT2D eigenvalue weighted by atomic mass is 9.77. The summed E-state index contributed by atoms with van der Waals surface area (Å²) >= 11 is 0. The molecular weight excluding hydrogens is 238 g/mol. The average Bonchev–Trinajstić information content (AvgIpc) is 2.88. The van der Waals surface area contributed by atoms with Gasteiger partial charge in [-0.15, -0.1) is 0 Å². The molecule has 0 saturated carbocycles. The zero-order valence-electron chi connectivity index (χ0n) is 11.1. The molecule has 0 aromatic heterocycles. The molecule has 2 aliphatic rings. The first-order chi connectivity index (χ1) is 9.20. The SMILES string of the molecule is CCC[C@@H]1Nc2ccc(C(=O)O)cc2[C@H]2C=CC[C@H]12. The Labute approximate surface area is 113 Å². The van der Waals surface area contributed by atoms with E-state index >= 15 is 0 Å². The minimum absolute atomic E-state index is 0.382. The molecule has 0 radical (unpaired) electrons. The van der Waals surface area contributed by atoms with Crippen LogP contribution in [0.25, 0.3) is 0 Å². The molecule has 0 amide bonds. The van der Waals surface area contributed by atoms with E-state index in [1.807, 2.05) is 12.1 Å². The molecule has 0 fully saturated rings. The largest absolute Gasteiger partial charge is 0.478 e. The van der Waals surface area contributed by atoms with E-state index in [4.69, 9.17) is 5.11 Å². The quantitative estimate of drug-likeness (QED) is 0.813. The van der Waals surface area contributed by atoms with Crippen LogP contribution >= 0.6 is 0 Å². The number of allylic oxidation sites excluding steroid dienone is 2. The van der Waals surface area contributed by atoms with Crippen molar-refractivity contribution in [3.8, 4) is 0 Å². The van der Waals surface area contributed by atoms with Crippen molar-refractivity contribution in [1.29, 1.82) is 0 Å². The third-order valence-corrected chi connectivity index (χ3v) is 4.33. The monoisotopic (exact) mass is 257 g/mol. The molecule has 0 spiro atoms. The van der Waals surface area contributed by atoms with Crippen molar-refractivity contribution in [3.63, 3.8) is 0 Å². The van der Waals surface area contributed by atoms with Crippen molar-refractivity contribution in [2.24, 2.45) is 5.92 Å². The van der Waals surface area contributed by atoms with Gasteiger partial charge in [-0.05, 0) is 42.5 Å². The van der Waals surface area contributed by atoms with Gasteiger partial charge in [-0.1, -0.05) is 25.5 Å². The van der Waals surface area contributed by atoms with E-state index in [0.29, 0.717) is 23.4 Å². The Morgan fingerprint density at radius 3 is 3.05 bits per heavy atom. The number of hydrogen-bond acceptors (Lipinski definition) is 2. The second-order valence-electron chi connectivity index (χ2n) is 5.50. The number of benzene rings is 1. The summed E-state index contributed by atoms with van der Waals surface area (Å²) in [7, 11) is 0. The van der Waals surface area contributed by atoms with Crippen LogP contribution in [0.1, 0.15) is 48.0 Å². The zero-order valence-corrected chi connectivity index (χ0v) is 11.1. The normalized spacial score (nSPS) is 27.5. The van der Waals surface area contributed by atoms with Gasteiger partial charge in [0.25, 0.3) is 0 Å². The highest BCUT2D eigenvalue weighted by atomic mass is 16.4. The molecule has 1 aromatic rings. The van der Waals surface area contributed by atoms with Crippen LogP contribution in [0, 0.1) is 5.92 Å². The topological polar surface area (TPSA) is 49.3 Å². The molecule has 1 aromatic carbocycles. The Bertz CT molecular complexity index is 536. The predicted octanol–water partition coefficient (Wildman–Crippen LogP) is 3.64. The van der Waals surface area contributed by atoms with Crippen molar-refractivity contribution < 1.29 is 9.90 Å². The van der Waals surface area contributed by atoms with Crippen LogP contribution in [-0.2, 0) is 0 Å². The van der Waals surface area contributed by atoms with Gasteiger partial charge in [-0.2, -0.15) is 0 Å². The smallest absolute Gasteiger partial charge is 0.335 e.